The summed E-state index contributed by atoms with van der Waals surface area (Å²) in [6.45, 7) is 1.35. The zero-order chi connectivity index (χ0) is 25.2. The highest BCUT2D eigenvalue weighted by atomic mass is 16.7. The van der Waals surface area contributed by atoms with Gasteiger partial charge in [0.1, 0.15) is 18.0 Å². The second-order valence-corrected chi connectivity index (χ2v) is 8.72. The number of allylic oxidation sites excluding steroid dienone is 1. The Labute approximate surface area is 204 Å². The molecule has 0 spiro atoms. The van der Waals surface area contributed by atoms with Crippen LogP contribution < -0.4 is 23.7 Å². The van der Waals surface area contributed by atoms with Crippen molar-refractivity contribution in [3.05, 3.63) is 46.5 Å². The van der Waals surface area contributed by atoms with E-state index in [2.05, 4.69) is 0 Å². The lowest BCUT2D eigenvalue weighted by Crippen LogP contribution is -2.51. The first-order valence-electron chi connectivity index (χ1n) is 11.2. The zero-order valence-corrected chi connectivity index (χ0v) is 20.6. The third kappa shape index (κ3) is 4.64. The molecule has 2 aromatic rings. The molecule has 9 heteroatoms. The Morgan fingerprint density at radius 3 is 2.49 bits per heavy atom. The normalized spacial score (nSPS) is 18.2. The summed E-state index contributed by atoms with van der Waals surface area (Å²) in [5.74, 6) is 2.09. The van der Waals surface area contributed by atoms with Gasteiger partial charge in [-0.05, 0) is 35.9 Å². The predicted octanol–water partition coefficient (Wildman–Crippen LogP) is 3.01. The highest BCUT2D eigenvalue weighted by Crippen LogP contribution is 2.50. The number of quaternary nitrogens is 1. The Balaban J connectivity index is 1.77. The number of ketones is 1. The first-order chi connectivity index (χ1) is 16.8. The summed E-state index contributed by atoms with van der Waals surface area (Å²) >= 11 is 0. The first kappa shape index (κ1) is 24.4. The van der Waals surface area contributed by atoms with E-state index >= 15 is 0 Å². The number of carbonyl (C=O) groups is 2. The topological polar surface area (TPSA) is 89.5 Å². The van der Waals surface area contributed by atoms with Crippen molar-refractivity contribution >= 4 is 17.8 Å². The molecule has 0 amide bonds. The average molecular weight is 485 g/mol. The summed E-state index contributed by atoms with van der Waals surface area (Å²) in [6.07, 6.45) is 3.76. The van der Waals surface area contributed by atoms with Crippen LogP contribution in [0.5, 0.6) is 28.7 Å². The molecular weight excluding hydrogens is 454 g/mol. The molecule has 0 N–H and O–H groups in total. The van der Waals surface area contributed by atoms with Crippen molar-refractivity contribution in [2.45, 2.75) is 13.0 Å². The molecule has 4 rings (SSSR count). The van der Waals surface area contributed by atoms with Gasteiger partial charge in [-0.25, -0.2) is 4.79 Å². The van der Waals surface area contributed by atoms with Crippen LogP contribution in [0.15, 0.2) is 24.3 Å². The third-order valence-corrected chi connectivity index (χ3v) is 6.47. The molecule has 2 heterocycles. The van der Waals surface area contributed by atoms with Crippen molar-refractivity contribution < 1.29 is 42.5 Å². The summed E-state index contributed by atoms with van der Waals surface area (Å²) in [5.41, 5.74) is 2.85. The molecule has 0 aromatic heterocycles. The van der Waals surface area contributed by atoms with Crippen LogP contribution in [0.4, 0.5) is 0 Å². The second kappa shape index (κ2) is 9.87. The quantitative estimate of drug-likeness (QED) is 0.245. The molecule has 186 valence electrons. The molecule has 9 nitrogen and oxygen atoms in total. The van der Waals surface area contributed by atoms with Crippen molar-refractivity contribution in [3.8, 4) is 28.7 Å². The van der Waals surface area contributed by atoms with Crippen molar-refractivity contribution in [1.29, 1.82) is 0 Å². The van der Waals surface area contributed by atoms with Gasteiger partial charge in [-0.1, -0.05) is 0 Å². The van der Waals surface area contributed by atoms with E-state index < -0.39 is 0 Å². The average Bonchev–Trinajstić information content (AvgIpc) is 3.34. The summed E-state index contributed by atoms with van der Waals surface area (Å²) in [4.78, 5) is 25.6. The van der Waals surface area contributed by atoms with Gasteiger partial charge in [-0.2, -0.15) is 0 Å². The van der Waals surface area contributed by atoms with E-state index in [1.54, 1.807) is 45.6 Å². The van der Waals surface area contributed by atoms with Crippen LogP contribution in [0, 0.1) is 0 Å². The molecule has 0 saturated carbocycles. The van der Waals surface area contributed by atoms with Gasteiger partial charge < -0.3 is 32.9 Å². The van der Waals surface area contributed by atoms with Gasteiger partial charge in [0.15, 0.2) is 23.8 Å². The zero-order valence-electron chi connectivity index (χ0n) is 20.6. The van der Waals surface area contributed by atoms with Crippen LogP contribution in [0.25, 0.3) is 6.08 Å². The molecule has 0 unspecified atom stereocenters. The molecule has 2 aliphatic heterocycles. The second-order valence-electron chi connectivity index (χ2n) is 8.72. The fourth-order valence-corrected chi connectivity index (χ4v) is 4.69. The number of carbonyl (C=O) groups excluding carboxylic acids is 2. The molecule has 2 aromatic carbocycles. The van der Waals surface area contributed by atoms with E-state index in [4.69, 9.17) is 28.4 Å². The maximum absolute atomic E-state index is 13.6. The maximum Gasteiger partial charge on any atom is 0.361 e. The Hall–Kier alpha value is -3.72. The van der Waals surface area contributed by atoms with Gasteiger partial charge in [0.25, 0.3) is 0 Å². The molecule has 0 bridgehead atoms. The predicted molar refractivity (Wildman–Crippen MR) is 127 cm³/mol. The van der Waals surface area contributed by atoms with Crippen molar-refractivity contribution in [3.63, 3.8) is 0 Å². The van der Waals surface area contributed by atoms with E-state index in [1.807, 2.05) is 7.05 Å². The summed E-state index contributed by atoms with van der Waals surface area (Å²) in [7, 11) is 8.08. The molecular formula is C26H30NO8+. The third-order valence-electron chi connectivity index (χ3n) is 6.47. The summed E-state index contributed by atoms with van der Waals surface area (Å²) in [5, 5.41) is 0. The highest BCUT2D eigenvalue weighted by molar-refractivity contribution is 6.11. The van der Waals surface area contributed by atoms with E-state index in [0.717, 1.165) is 11.1 Å². The Morgan fingerprint density at radius 1 is 1.03 bits per heavy atom. The van der Waals surface area contributed by atoms with Gasteiger partial charge in [0, 0.05) is 12.0 Å². The van der Waals surface area contributed by atoms with Crippen molar-refractivity contribution in [1.82, 2.24) is 0 Å². The Bertz CT molecular complexity index is 1190. The Morgan fingerprint density at radius 2 is 1.80 bits per heavy atom. The Kier molecular flexibility index (Phi) is 6.88. The van der Waals surface area contributed by atoms with Crippen LogP contribution in [0.3, 0.4) is 0 Å². The number of benzene rings is 2. The fourth-order valence-electron chi connectivity index (χ4n) is 4.69. The largest absolute Gasteiger partial charge is 0.497 e. The molecule has 2 aliphatic rings. The molecule has 0 fully saturated rings. The summed E-state index contributed by atoms with van der Waals surface area (Å²) < 4.78 is 33.2. The van der Waals surface area contributed by atoms with Crippen molar-refractivity contribution in [2.75, 3.05) is 55.4 Å². The molecule has 0 saturated heterocycles. The lowest BCUT2D eigenvalue weighted by Gasteiger charge is -2.38. The number of methoxy groups -OCH3 is 4. The number of hydrogen-bond acceptors (Lipinski definition) is 8. The van der Waals surface area contributed by atoms with Gasteiger partial charge in [-0.3, -0.25) is 4.79 Å². The van der Waals surface area contributed by atoms with Gasteiger partial charge in [0.2, 0.25) is 12.5 Å². The lowest BCUT2D eigenvalue weighted by molar-refractivity contribution is -0.917. The van der Waals surface area contributed by atoms with E-state index in [9.17, 15) is 9.59 Å². The van der Waals surface area contributed by atoms with E-state index in [0.29, 0.717) is 63.9 Å². The maximum atomic E-state index is 13.6. The minimum atomic E-state index is -0.290. The van der Waals surface area contributed by atoms with Gasteiger partial charge >= 0.3 is 5.97 Å². The van der Waals surface area contributed by atoms with Crippen molar-refractivity contribution in [2.24, 2.45) is 0 Å². The molecule has 0 aliphatic carbocycles. The summed E-state index contributed by atoms with van der Waals surface area (Å²) in [6, 6.07) is 5.37. The monoisotopic (exact) mass is 484 g/mol. The number of ether oxygens (including phenoxy) is 6. The number of likely N-dealkylation sites (N-methyl/N-ethyl adjacent to an activating group) is 1. The molecule has 0 radical (unpaired) electrons. The number of rotatable bonds is 8. The fraction of sp³-hybridized carbons (Fsp3) is 0.385. The smallest absolute Gasteiger partial charge is 0.361 e. The SMILES string of the molecule is COC(=O)C[N@@+]1(C)CCc2c(c(OC)c3c(c2C(=O)/C=C/c2cc(OC)ccc2OC)OCO3)C1. The molecule has 35 heavy (non-hydrogen) atoms. The highest BCUT2D eigenvalue weighted by Gasteiger charge is 2.40. The standard InChI is InChI=1S/C26H30NO8/c1-27(14-22(29)32-4)11-10-18-19(13-27)24(33-5)26-25(34-15-35-26)23(18)20(28)8-6-16-12-17(30-2)7-9-21(16)31-3/h6-9,12H,10-11,13-15H2,1-5H3/q+1/b8-6+/t27-/m0/s1. The minimum Gasteiger partial charge on any atom is -0.497 e. The van der Waals surface area contributed by atoms with Gasteiger partial charge in [-0.15, -0.1) is 0 Å². The van der Waals surface area contributed by atoms with Crippen LogP contribution in [0.1, 0.15) is 27.0 Å². The van der Waals surface area contributed by atoms with Crippen LogP contribution in [-0.4, -0.2) is 71.6 Å². The molecule has 1 atom stereocenters. The van der Waals surface area contributed by atoms with E-state index in [1.165, 1.54) is 13.2 Å². The minimum absolute atomic E-state index is 0.00340. The first-order valence-corrected chi connectivity index (χ1v) is 11.2. The number of nitrogens with zero attached hydrogens (tertiary/aromatic N) is 1. The number of esters is 1. The lowest BCUT2D eigenvalue weighted by atomic mass is 9.88. The van der Waals surface area contributed by atoms with Crippen LogP contribution >= 0.6 is 0 Å². The van der Waals surface area contributed by atoms with Gasteiger partial charge in [0.05, 0.1) is 53.2 Å². The number of hydrogen-bond donors (Lipinski definition) is 0. The van der Waals surface area contributed by atoms with E-state index in [-0.39, 0.29) is 25.1 Å². The van der Waals surface area contributed by atoms with Crippen LogP contribution in [-0.2, 0) is 22.5 Å². The van der Waals surface area contributed by atoms with Crippen LogP contribution in [0.2, 0.25) is 0 Å². The number of fused-ring (bicyclic) bond motifs is 2.